The summed E-state index contributed by atoms with van der Waals surface area (Å²) in [5, 5.41) is 10.5. The lowest BCUT2D eigenvalue weighted by Crippen LogP contribution is -2.50. The molecule has 1 heterocycles. The van der Waals surface area contributed by atoms with E-state index in [1.807, 2.05) is 44.2 Å². The fourth-order valence-corrected chi connectivity index (χ4v) is 4.82. The lowest BCUT2D eigenvalue weighted by atomic mass is 9.97. The van der Waals surface area contributed by atoms with Crippen LogP contribution < -0.4 is 16.0 Å². The van der Waals surface area contributed by atoms with E-state index in [2.05, 4.69) is 20.9 Å². The standard InChI is InChI=1S/C30H37ClN4O4/c1-4-39-30(38)27-25(22-13-12-21(31)15-23(22)34-27)26(29(37)33-16-19-8-6-5-7-9-19)35-24(14-18(2)3)28(36)32-17-20-10-11-20/h5-9,12-13,15,18,20,24,26,34-35H,4,10-11,14,16-17H2,1-3H3,(H,32,36)(H,33,37). The van der Waals surface area contributed by atoms with Crippen molar-refractivity contribution < 1.29 is 19.1 Å². The van der Waals surface area contributed by atoms with Gasteiger partial charge in [-0.1, -0.05) is 61.8 Å². The zero-order valence-electron chi connectivity index (χ0n) is 22.7. The number of ether oxygens (including phenoxy) is 1. The first kappa shape index (κ1) is 28.6. The van der Waals surface area contributed by atoms with Gasteiger partial charge in [0.2, 0.25) is 11.8 Å². The molecule has 4 N–H and O–H groups in total. The van der Waals surface area contributed by atoms with Gasteiger partial charge in [0.25, 0.3) is 0 Å². The molecule has 1 aliphatic carbocycles. The summed E-state index contributed by atoms with van der Waals surface area (Å²) < 4.78 is 5.33. The van der Waals surface area contributed by atoms with Crippen LogP contribution in [0, 0.1) is 11.8 Å². The summed E-state index contributed by atoms with van der Waals surface area (Å²) in [5.74, 6) is -0.386. The monoisotopic (exact) mass is 552 g/mol. The Morgan fingerprint density at radius 3 is 2.46 bits per heavy atom. The Morgan fingerprint density at radius 1 is 1.05 bits per heavy atom. The molecule has 2 atom stereocenters. The Kier molecular flexibility index (Phi) is 9.64. The molecule has 0 saturated heterocycles. The van der Waals surface area contributed by atoms with Gasteiger partial charge < -0.3 is 20.4 Å². The Morgan fingerprint density at radius 2 is 1.79 bits per heavy atom. The normalized spacial score (nSPS) is 14.7. The number of carbonyl (C=O) groups is 3. The highest BCUT2D eigenvalue weighted by atomic mass is 35.5. The number of hydrogen-bond donors (Lipinski definition) is 4. The summed E-state index contributed by atoms with van der Waals surface area (Å²) in [5.41, 5.74) is 2.11. The highest BCUT2D eigenvalue weighted by molar-refractivity contribution is 6.31. The number of esters is 1. The number of nitrogens with one attached hydrogen (secondary N) is 4. The number of amides is 2. The van der Waals surface area contributed by atoms with Gasteiger partial charge in [-0.3, -0.25) is 14.9 Å². The maximum atomic E-state index is 13.9. The minimum atomic E-state index is -1.02. The molecule has 9 heteroatoms. The predicted octanol–water partition coefficient (Wildman–Crippen LogP) is 4.89. The van der Waals surface area contributed by atoms with Gasteiger partial charge in [-0.2, -0.15) is 0 Å². The zero-order chi connectivity index (χ0) is 27.9. The van der Waals surface area contributed by atoms with E-state index in [-0.39, 0.29) is 30.0 Å². The van der Waals surface area contributed by atoms with Crippen molar-refractivity contribution >= 4 is 40.3 Å². The average Bonchev–Trinajstić information content (AvgIpc) is 3.67. The lowest BCUT2D eigenvalue weighted by molar-refractivity contribution is -0.126. The predicted molar refractivity (Wildman–Crippen MR) is 152 cm³/mol. The molecule has 2 amide bonds. The van der Waals surface area contributed by atoms with Crippen molar-refractivity contribution in [3.8, 4) is 0 Å². The Labute approximate surface area is 234 Å². The van der Waals surface area contributed by atoms with E-state index in [1.54, 1.807) is 25.1 Å². The lowest BCUT2D eigenvalue weighted by Gasteiger charge is -2.26. The van der Waals surface area contributed by atoms with Crippen LogP contribution in [0.3, 0.4) is 0 Å². The van der Waals surface area contributed by atoms with Crippen molar-refractivity contribution in [3.63, 3.8) is 0 Å². The number of aromatic nitrogens is 1. The van der Waals surface area contributed by atoms with E-state index in [9.17, 15) is 14.4 Å². The SMILES string of the molecule is CCOC(=O)c1[nH]c2cc(Cl)ccc2c1C(NC(CC(C)C)C(=O)NCC1CC1)C(=O)NCc1ccccc1. The number of rotatable bonds is 13. The second-order valence-electron chi connectivity index (χ2n) is 10.5. The third-order valence-electron chi connectivity index (χ3n) is 6.79. The van der Waals surface area contributed by atoms with Crippen LogP contribution in [0.1, 0.15) is 67.7 Å². The van der Waals surface area contributed by atoms with Crippen LogP contribution >= 0.6 is 11.6 Å². The Bertz CT molecular complexity index is 1300. The third-order valence-corrected chi connectivity index (χ3v) is 7.03. The zero-order valence-corrected chi connectivity index (χ0v) is 23.4. The van der Waals surface area contributed by atoms with Crippen LogP contribution in [0.25, 0.3) is 10.9 Å². The number of H-pyrrole nitrogens is 1. The van der Waals surface area contributed by atoms with Gasteiger partial charge in [-0.25, -0.2) is 4.79 Å². The molecule has 1 fully saturated rings. The molecule has 8 nitrogen and oxygen atoms in total. The van der Waals surface area contributed by atoms with Crippen molar-refractivity contribution in [2.75, 3.05) is 13.2 Å². The van der Waals surface area contributed by atoms with Crippen LogP contribution in [0.2, 0.25) is 5.02 Å². The summed E-state index contributed by atoms with van der Waals surface area (Å²) >= 11 is 6.25. The van der Waals surface area contributed by atoms with Crippen LogP contribution in [0.15, 0.2) is 48.5 Å². The van der Waals surface area contributed by atoms with Crippen molar-refractivity contribution in [1.82, 2.24) is 20.9 Å². The Hall–Kier alpha value is -3.36. The van der Waals surface area contributed by atoms with Gasteiger partial charge in [0.1, 0.15) is 11.7 Å². The molecule has 0 radical (unpaired) electrons. The van der Waals surface area contributed by atoms with E-state index in [0.717, 1.165) is 18.4 Å². The first-order chi connectivity index (χ1) is 18.8. The first-order valence-corrected chi connectivity index (χ1v) is 14.0. The molecule has 1 aliphatic rings. The van der Waals surface area contributed by atoms with Gasteiger partial charge >= 0.3 is 5.97 Å². The number of fused-ring (bicyclic) bond motifs is 1. The molecular formula is C30H37ClN4O4. The van der Waals surface area contributed by atoms with Crippen LogP contribution in [-0.2, 0) is 20.9 Å². The molecule has 39 heavy (non-hydrogen) atoms. The van der Waals surface area contributed by atoms with E-state index in [0.29, 0.717) is 46.9 Å². The van der Waals surface area contributed by atoms with Crippen molar-refractivity contribution in [2.45, 2.75) is 58.7 Å². The fourth-order valence-electron chi connectivity index (χ4n) is 4.65. The highest BCUT2D eigenvalue weighted by Gasteiger charge is 2.34. The van der Waals surface area contributed by atoms with Gasteiger partial charge in [-0.05, 0) is 55.7 Å². The molecule has 1 saturated carbocycles. The van der Waals surface area contributed by atoms with E-state index < -0.39 is 18.1 Å². The summed E-state index contributed by atoms with van der Waals surface area (Å²) in [4.78, 5) is 43.4. The fraction of sp³-hybridized carbons (Fsp3) is 0.433. The molecule has 0 aliphatic heterocycles. The Balaban J connectivity index is 1.73. The minimum Gasteiger partial charge on any atom is -0.461 e. The van der Waals surface area contributed by atoms with Crippen molar-refractivity contribution in [1.29, 1.82) is 0 Å². The highest BCUT2D eigenvalue weighted by Crippen LogP contribution is 2.32. The van der Waals surface area contributed by atoms with Gasteiger partial charge in [0.05, 0.1) is 12.6 Å². The minimum absolute atomic E-state index is 0.156. The van der Waals surface area contributed by atoms with Crippen molar-refractivity contribution in [3.05, 3.63) is 70.4 Å². The summed E-state index contributed by atoms with van der Waals surface area (Å²) in [6, 6.07) is 13.1. The molecule has 1 aromatic heterocycles. The largest absolute Gasteiger partial charge is 0.461 e. The second-order valence-corrected chi connectivity index (χ2v) is 10.9. The number of hydrogen-bond acceptors (Lipinski definition) is 5. The van der Waals surface area contributed by atoms with Crippen LogP contribution in [-0.4, -0.2) is 42.0 Å². The van der Waals surface area contributed by atoms with Crippen molar-refractivity contribution in [2.24, 2.45) is 11.8 Å². The van der Waals surface area contributed by atoms with Gasteiger partial charge in [0.15, 0.2) is 0 Å². The number of carbonyl (C=O) groups excluding carboxylic acids is 3. The van der Waals surface area contributed by atoms with Crippen LogP contribution in [0.4, 0.5) is 0 Å². The quantitative estimate of drug-likeness (QED) is 0.226. The molecule has 0 spiro atoms. The molecule has 3 aromatic rings. The van der Waals surface area contributed by atoms with Gasteiger partial charge in [-0.15, -0.1) is 0 Å². The summed E-state index contributed by atoms with van der Waals surface area (Å²) in [6.45, 7) is 6.88. The molecule has 2 aromatic carbocycles. The molecule has 4 rings (SSSR count). The number of aromatic amines is 1. The molecular weight excluding hydrogens is 516 g/mol. The molecule has 0 bridgehead atoms. The summed E-state index contributed by atoms with van der Waals surface area (Å²) in [7, 11) is 0. The average molecular weight is 553 g/mol. The van der Waals surface area contributed by atoms with E-state index >= 15 is 0 Å². The topological polar surface area (TPSA) is 112 Å². The number of halogens is 1. The molecule has 2 unspecified atom stereocenters. The maximum absolute atomic E-state index is 13.9. The third kappa shape index (κ3) is 7.61. The molecule has 208 valence electrons. The smallest absolute Gasteiger partial charge is 0.355 e. The van der Waals surface area contributed by atoms with Gasteiger partial charge in [0, 0.05) is 34.6 Å². The van der Waals surface area contributed by atoms with Crippen LogP contribution in [0.5, 0.6) is 0 Å². The number of benzene rings is 2. The van der Waals surface area contributed by atoms with E-state index in [4.69, 9.17) is 16.3 Å². The maximum Gasteiger partial charge on any atom is 0.355 e. The first-order valence-electron chi connectivity index (χ1n) is 13.6. The second kappa shape index (κ2) is 13.1. The van der Waals surface area contributed by atoms with E-state index in [1.165, 1.54) is 0 Å². The summed E-state index contributed by atoms with van der Waals surface area (Å²) in [6.07, 6.45) is 2.75.